The molecule has 0 aromatic carbocycles. The molecule has 94 valence electrons. The molecule has 2 rings (SSSR count). The molecule has 16 heavy (non-hydrogen) atoms. The summed E-state index contributed by atoms with van der Waals surface area (Å²) in [5, 5.41) is 3.45. The Hall–Kier alpha value is -0.0800. The third-order valence-electron chi connectivity index (χ3n) is 4.95. The second-order valence-corrected chi connectivity index (χ2v) is 6.04. The Kier molecular flexibility index (Phi) is 4.26. The van der Waals surface area contributed by atoms with Gasteiger partial charge in [0.15, 0.2) is 0 Å². The van der Waals surface area contributed by atoms with Crippen LogP contribution in [0.3, 0.4) is 0 Å². The molecule has 1 N–H and O–H groups in total. The lowest BCUT2D eigenvalue weighted by atomic mass is 9.78. The maximum absolute atomic E-state index is 3.45. The van der Waals surface area contributed by atoms with Crippen LogP contribution in [-0.4, -0.2) is 37.1 Å². The topological polar surface area (TPSA) is 15.3 Å². The fourth-order valence-corrected chi connectivity index (χ4v) is 3.42. The fourth-order valence-electron chi connectivity index (χ4n) is 3.42. The van der Waals surface area contributed by atoms with Crippen LogP contribution in [0.5, 0.6) is 0 Å². The van der Waals surface area contributed by atoms with E-state index in [-0.39, 0.29) is 0 Å². The molecule has 0 aromatic rings. The van der Waals surface area contributed by atoms with Gasteiger partial charge in [-0.1, -0.05) is 13.8 Å². The van der Waals surface area contributed by atoms with E-state index < -0.39 is 0 Å². The van der Waals surface area contributed by atoms with E-state index in [1.165, 1.54) is 45.2 Å². The van der Waals surface area contributed by atoms with E-state index in [2.05, 4.69) is 31.1 Å². The van der Waals surface area contributed by atoms with Gasteiger partial charge in [0, 0.05) is 18.6 Å². The predicted octanol–water partition coefficient (Wildman–Crippen LogP) is 2.49. The highest BCUT2D eigenvalue weighted by Gasteiger charge is 2.30. The summed E-state index contributed by atoms with van der Waals surface area (Å²) in [6.45, 7) is 7.48. The smallest absolute Gasteiger partial charge is 0.0192 e. The van der Waals surface area contributed by atoms with Crippen molar-refractivity contribution in [1.82, 2.24) is 10.2 Å². The van der Waals surface area contributed by atoms with Gasteiger partial charge >= 0.3 is 0 Å². The highest BCUT2D eigenvalue weighted by atomic mass is 15.2. The summed E-state index contributed by atoms with van der Waals surface area (Å²) >= 11 is 0. The van der Waals surface area contributed by atoms with Crippen LogP contribution in [0.25, 0.3) is 0 Å². The Morgan fingerprint density at radius 2 is 1.88 bits per heavy atom. The SMILES string of the molecule is CNC1CCCN(C2CCC(C)C(C)C2)C1. The highest BCUT2D eigenvalue weighted by Crippen LogP contribution is 2.33. The molecule has 0 bridgehead atoms. The van der Waals surface area contributed by atoms with E-state index in [1.54, 1.807) is 0 Å². The second kappa shape index (κ2) is 5.50. The molecule has 1 aliphatic heterocycles. The van der Waals surface area contributed by atoms with Crippen LogP contribution in [0.4, 0.5) is 0 Å². The first-order valence-electron chi connectivity index (χ1n) is 7.12. The Balaban J connectivity index is 1.87. The lowest BCUT2D eigenvalue weighted by Gasteiger charge is -2.43. The third kappa shape index (κ3) is 2.78. The molecule has 1 heterocycles. The lowest BCUT2D eigenvalue weighted by Crippen LogP contribution is -2.50. The van der Waals surface area contributed by atoms with Gasteiger partial charge in [-0.05, 0) is 57.5 Å². The summed E-state index contributed by atoms with van der Waals surface area (Å²) < 4.78 is 0. The van der Waals surface area contributed by atoms with Crippen molar-refractivity contribution in [2.24, 2.45) is 11.8 Å². The summed E-state index contributed by atoms with van der Waals surface area (Å²) in [5.41, 5.74) is 0. The van der Waals surface area contributed by atoms with Crippen LogP contribution in [0.1, 0.15) is 46.0 Å². The molecule has 4 atom stereocenters. The van der Waals surface area contributed by atoms with Gasteiger partial charge in [0.05, 0.1) is 0 Å². The number of nitrogens with zero attached hydrogens (tertiary/aromatic N) is 1. The molecule has 2 aliphatic rings. The maximum atomic E-state index is 3.45. The highest BCUT2D eigenvalue weighted by molar-refractivity contribution is 4.86. The van der Waals surface area contributed by atoms with Crippen LogP contribution in [0, 0.1) is 11.8 Å². The largest absolute Gasteiger partial charge is 0.316 e. The lowest BCUT2D eigenvalue weighted by molar-refractivity contribution is 0.0797. The van der Waals surface area contributed by atoms with Crippen molar-refractivity contribution in [3.63, 3.8) is 0 Å². The zero-order valence-electron chi connectivity index (χ0n) is 11.2. The molecule has 2 fully saturated rings. The average molecular weight is 224 g/mol. The van der Waals surface area contributed by atoms with E-state index in [0.29, 0.717) is 0 Å². The van der Waals surface area contributed by atoms with Crippen LogP contribution in [0.15, 0.2) is 0 Å². The zero-order valence-corrected chi connectivity index (χ0v) is 11.2. The molecule has 1 aliphatic carbocycles. The Bertz CT molecular complexity index is 213. The van der Waals surface area contributed by atoms with Crippen molar-refractivity contribution in [2.45, 2.75) is 58.0 Å². The first-order valence-corrected chi connectivity index (χ1v) is 7.12. The van der Waals surface area contributed by atoms with Crippen molar-refractivity contribution >= 4 is 0 Å². The molecule has 2 heteroatoms. The number of hydrogen-bond donors (Lipinski definition) is 1. The Morgan fingerprint density at radius 3 is 2.56 bits per heavy atom. The van der Waals surface area contributed by atoms with Crippen LogP contribution in [-0.2, 0) is 0 Å². The van der Waals surface area contributed by atoms with Crippen molar-refractivity contribution in [3.05, 3.63) is 0 Å². The molecule has 0 amide bonds. The van der Waals surface area contributed by atoms with Crippen molar-refractivity contribution in [1.29, 1.82) is 0 Å². The number of likely N-dealkylation sites (tertiary alicyclic amines) is 1. The van der Waals surface area contributed by atoms with E-state index in [4.69, 9.17) is 0 Å². The molecule has 0 aromatic heterocycles. The zero-order chi connectivity index (χ0) is 11.5. The Labute approximate surface area is 101 Å². The van der Waals surface area contributed by atoms with Gasteiger partial charge in [0.1, 0.15) is 0 Å². The van der Waals surface area contributed by atoms with Gasteiger partial charge in [-0.2, -0.15) is 0 Å². The van der Waals surface area contributed by atoms with Crippen LogP contribution >= 0.6 is 0 Å². The predicted molar refractivity (Wildman–Crippen MR) is 69.6 cm³/mol. The third-order valence-corrected chi connectivity index (χ3v) is 4.95. The van der Waals surface area contributed by atoms with Gasteiger partial charge in [-0.3, -0.25) is 4.90 Å². The molecule has 4 unspecified atom stereocenters. The van der Waals surface area contributed by atoms with Crippen molar-refractivity contribution < 1.29 is 0 Å². The standard InChI is InChI=1S/C14H28N2/c1-11-6-7-14(9-12(11)2)16-8-4-5-13(10-16)15-3/h11-15H,4-10H2,1-3H3. The van der Waals surface area contributed by atoms with Crippen molar-refractivity contribution in [2.75, 3.05) is 20.1 Å². The normalized spacial score (nSPS) is 42.2. The van der Waals surface area contributed by atoms with Crippen molar-refractivity contribution in [3.8, 4) is 0 Å². The summed E-state index contributed by atoms with van der Waals surface area (Å²) in [5.74, 6) is 1.87. The summed E-state index contributed by atoms with van der Waals surface area (Å²) in [7, 11) is 2.11. The molecule has 2 nitrogen and oxygen atoms in total. The summed E-state index contributed by atoms with van der Waals surface area (Å²) in [6, 6.07) is 1.62. The summed E-state index contributed by atoms with van der Waals surface area (Å²) in [6.07, 6.45) is 7.05. The van der Waals surface area contributed by atoms with E-state index in [9.17, 15) is 0 Å². The first-order chi connectivity index (χ1) is 7.70. The van der Waals surface area contributed by atoms with E-state index in [0.717, 1.165) is 23.9 Å². The first kappa shape index (κ1) is 12.4. The number of rotatable bonds is 2. The van der Waals surface area contributed by atoms with Gasteiger partial charge in [0.25, 0.3) is 0 Å². The van der Waals surface area contributed by atoms with Crippen LogP contribution in [0.2, 0.25) is 0 Å². The number of likely N-dealkylation sites (N-methyl/N-ethyl adjacent to an activating group) is 1. The molecular weight excluding hydrogens is 196 g/mol. The second-order valence-electron chi connectivity index (χ2n) is 6.04. The molecular formula is C14H28N2. The molecule has 0 radical (unpaired) electrons. The van der Waals surface area contributed by atoms with Gasteiger partial charge < -0.3 is 5.32 Å². The number of nitrogens with one attached hydrogen (secondary N) is 1. The van der Waals surface area contributed by atoms with E-state index >= 15 is 0 Å². The van der Waals surface area contributed by atoms with E-state index in [1.807, 2.05) is 0 Å². The molecule has 1 saturated carbocycles. The molecule has 0 spiro atoms. The number of piperidine rings is 1. The average Bonchev–Trinajstić information content (AvgIpc) is 2.33. The summed E-state index contributed by atoms with van der Waals surface area (Å²) in [4.78, 5) is 2.76. The molecule has 1 saturated heterocycles. The number of hydrogen-bond acceptors (Lipinski definition) is 2. The Morgan fingerprint density at radius 1 is 1.06 bits per heavy atom. The minimum absolute atomic E-state index is 0.739. The minimum Gasteiger partial charge on any atom is -0.316 e. The quantitative estimate of drug-likeness (QED) is 0.775. The van der Waals surface area contributed by atoms with Gasteiger partial charge in [-0.15, -0.1) is 0 Å². The monoisotopic (exact) mass is 224 g/mol. The van der Waals surface area contributed by atoms with Gasteiger partial charge in [-0.25, -0.2) is 0 Å². The minimum atomic E-state index is 0.739. The van der Waals surface area contributed by atoms with Crippen LogP contribution < -0.4 is 5.32 Å². The van der Waals surface area contributed by atoms with Gasteiger partial charge in [0.2, 0.25) is 0 Å². The fraction of sp³-hybridized carbons (Fsp3) is 1.00. The maximum Gasteiger partial charge on any atom is 0.0192 e.